The highest BCUT2D eigenvalue weighted by molar-refractivity contribution is 7.80. The van der Waals surface area contributed by atoms with E-state index in [4.69, 9.17) is 27.4 Å². The number of nitrogens with zero attached hydrogens (tertiary/aromatic N) is 5. The zero-order chi connectivity index (χ0) is 26.4. The highest BCUT2D eigenvalue weighted by Crippen LogP contribution is 2.31. The second-order valence-corrected chi connectivity index (χ2v) is 9.18. The number of imidazole rings is 1. The molecule has 0 aromatic carbocycles. The predicted octanol–water partition coefficient (Wildman–Crippen LogP) is -3.04. The largest absolute Gasteiger partial charge is 0.390 e. The molecule has 198 valence electrons. The van der Waals surface area contributed by atoms with Crippen molar-refractivity contribution in [2.75, 3.05) is 12.3 Å². The Bertz CT molecular complexity index is 1440. The highest BCUT2D eigenvalue weighted by Gasteiger charge is 2.45. The summed E-state index contributed by atoms with van der Waals surface area (Å²) in [7, 11) is 0. The summed E-state index contributed by atoms with van der Waals surface area (Å²) in [4.78, 5) is 38.1. The number of hydrogen-bond donors (Lipinski definition) is 7. The van der Waals surface area contributed by atoms with Gasteiger partial charge in [0.25, 0.3) is 5.56 Å². The molecule has 3 aromatic rings. The van der Waals surface area contributed by atoms with Crippen molar-refractivity contribution in [3.05, 3.63) is 45.3 Å². The molecular weight excluding hydrogens is 510 g/mol. The highest BCUT2D eigenvalue weighted by atomic mass is 32.1. The van der Waals surface area contributed by atoms with Crippen LogP contribution in [0.25, 0.3) is 11.2 Å². The van der Waals surface area contributed by atoms with Crippen molar-refractivity contribution in [1.29, 1.82) is 0 Å². The summed E-state index contributed by atoms with van der Waals surface area (Å²) < 4.78 is 14.2. The Labute approximate surface area is 213 Å². The monoisotopic (exact) mass is 535 g/mol. The van der Waals surface area contributed by atoms with Gasteiger partial charge in [-0.2, -0.15) is 0 Å². The zero-order valence-corrected chi connectivity index (χ0v) is 20.2. The number of rotatable bonds is 5. The quantitative estimate of drug-likeness (QED) is 0.161. The van der Waals surface area contributed by atoms with E-state index in [-0.39, 0.29) is 23.9 Å². The normalized spacial score (nSPS) is 29.6. The van der Waals surface area contributed by atoms with E-state index < -0.39 is 54.3 Å². The van der Waals surface area contributed by atoms with Crippen LogP contribution in [-0.2, 0) is 9.47 Å². The van der Waals surface area contributed by atoms with E-state index in [9.17, 15) is 24.9 Å². The number of aromatic nitrogens is 6. The lowest BCUT2D eigenvalue weighted by molar-refractivity contribution is -0.0395. The van der Waals surface area contributed by atoms with Gasteiger partial charge < -0.3 is 41.2 Å². The predicted molar refractivity (Wildman–Crippen MR) is 130 cm³/mol. The molecular formula is C20H25N9O7S. The molecule has 0 aliphatic carbocycles. The molecule has 8 N–H and O–H groups in total. The number of thiocarbonyl (C=S) groups is 1. The van der Waals surface area contributed by atoms with Crippen LogP contribution in [0.2, 0.25) is 0 Å². The van der Waals surface area contributed by atoms with Gasteiger partial charge in [-0.1, -0.05) is 0 Å². The molecule has 17 heteroatoms. The maximum absolute atomic E-state index is 12.1. The molecule has 3 aromatic heterocycles. The maximum atomic E-state index is 12.1. The summed E-state index contributed by atoms with van der Waals surface area (Å²) >= 11 is 5.28. The van der Waals surface area contributed by atoms with E-state index in [1.165, 1.54) is 28.0 Å². The van der Waals surface area contributed by atoms with E-state index in [1.54, 1.807) is 6.92 Å². The van der Waals surface area contributed by atoms with Gasteiger partial charge in [0.1, 0.15) is 36.4 Å². The molecule has 0 saturated carbocycles. The molecule has 5 rings (SSSR count). The van der Waals surface area contributed by atoms with Crippen molar-refractivity contribution in [3.63, 3.8) is 0 Å². The van der Waals surface area contributed by atoms with E-state index in [0.29, 0.717) is 16.7 Å². The summed E-state index contributed by atoms with van der Waals surface area (Å²) in [6.07, 6.45) is -3.08. The molecule has 2 aliphatic rings. The summed E-state index contributed by atoms with van der Waals surface area (Å²) in [5, 5.41) is 37.2. The molecule has 0 radical (unpaired) electrons. The van der Waals surface area contributed by atoms with Crippen molar-refractivity contribution < 1.29 is 24.8 Å². The third-order valence-electron chi connectivity index (χ3n) is 6.30. The first-order valence-corrected chi connectivity index (χ1v) is 11.7. The molecule has 2 aliphatic heterocycles. The molecule has 0 spiro atoms. The number of fused-ring (bicyclic) bond motifs is 1. The third kappa shape index (κ3) is 4.67. The summed E-state index contributed by atoms with van der Waals surface area (Å²) in [6, 6.07) is 0. The minimum absolute atomic E-state index is 0.0651. The van der Waals surface area contributed by atoms with E-state index in [0.717, 1.165) is 0 Å². The van der Waals surface area contributed by atoms with Crippen molar-refractivity contribution >= 4 is 34.3 Å². The number of anilines is 1. The Balaban J connectivity index is 1.19. The lowest BCUT2D eigenvalue weighted by Crippen LogP contribution is -2.49. The minimum atomic E-state index is -1.35. The fraction of sp³-hybridized carbons (Fsp3) is 0.500. The Kier molecular flexibility index (Phi) is 6.65. The van der Waals surface area contributed by atoms with Gasteiger partial charge in [0.15, 0.2) is 29.0 Å². The van der Waals surface area contributed by atoms with Gasteiger partial charge in [0.05, 0.1) is 12.4 Å². The second kappa shape index (κ2) is 9.77. The SMILES string of the molecule is Cc1cn([C@@H]2C[C@H](O)[C@@H](CNC(=S)N[C@H]3OC(n4cnc5c(N)ncnc54)[C@H](O)[C@@H]3O)O2)c(=O)[nH]c1=O. The van der Waals surface area contributed by atoms with Gasteiger partial charge in [-0.05, 0) is 19.1 Å². The first kappa shape index (κ1) is 25.2. The van der Waals surface area contributed by atoms with Crippen LogP contribution in [0, 0.1) is 6.92 Å². The number of nitrogen functional groups attached to an aromatic ring is 1. The van der Waals surface area contributed by atoms with Gasteiger partial charge >= 0.3 is 5.69 Å². The number of H-pyrrole nitrogens is 1. The Morgan fingerprint density at radius 3 is 2.78 bits per heavy atom. The number of aryl methyl sites for hydroxylation is 1. The maximum Gasteiger partial charge on any atom is 0.330 e. The van der Waals surface area contributed by atoms with Gasteiger partial charge in [-0.25, -0.2) is 19.7 Å². The van der Waals surface area contributed by atoms with Gasteiger partial charge in [-0.3, -0.25) is 18.9 Å². The average molecular weight is 536 g/mol. The molecule has 0 amide bonds. The van der Waals surface area contributed by atoms with Crippen molar-refractivity contribution in [1.82, 2.24) is 39.7 Å². The van der Waals surface area contributed by atoms with Crippen LogP contribution in [0.4, 0.5) is 5.82 Å². The lowest BCUT2D eigenvalue weighted by atomic mass is 10.2. The molecule has 16 nitrogen and oxygen atoms in total. The van der Waals surface area contributed by atoms with Gasteiger partial charge in [-0.15, -0.1) is 0 Å². The molecule has 2 fully saturated rings. The Morgan fingerprint density at radius 2 is 2.00 bits per heavy atom. The second-order valence-electron chi connectivity index (χ2n) is 8.78. The first-order valence-electron chi connectivity index (χ1n) is 11.3. The average Bonchev–Trinajstić information content (AvgIpc) is 3.52. The fourth-order valence-corrected chi connectivity index (χ4v) is 4.51. The van der Waals surface area contributed by atoms with Crippen LogP contribution in [-0.4, -0.2) is 86.7 Å². The van der Waals surface area contributed by atoms with Crippen molar-refractivity contribution in [3.8, 4) is 0 Å². The van der Waals surface area contributed by atoms with E-state index in [1.807, 2.05) is 0 Å². The molecule has 1 unspecified atom stereocenters. The summed E-state index contributed by atoms with van der Waals surface area (Å²) in [5.41, 5.74) is 5.66. The Hall–Kier alpha value is -3.48. The number of nitrogens with one attached hydrogen (secondary N) is 3. The standard InChI is InChI=1S/C20H25N9O7S/c1-7-4-28(20(34)26-16(7)33)10-2-8(30)9(35-10)3-22-19(37)27-17-12(31)13(32)18(36-17)29-6-25-11-14(21)23-5-24-15(11)29/h4-6,8-10,12-13,17-18,30-32H,2-3H2,1H3,(H2,21,23,24)(H2,22,27,37)(H,26,33,34)/t8-,9+,10-,12-,13+,17-,18?/m0/s1. The van der Waals surface area contributed by atoms with Crippen LogP contribution >= 0.6 is 12.2 Å². The van der Waals surface area contributed by atoms with Crippen molar-refractivity contribution in [2.45, 2.75) is 56.4 Å². The lowest BCUT2D eigenvalue weighted by Gasteiger charge is -2.21. The third-order valence-corrected chi connectivity index (χ3v) is 6.56. The molecule has 37 heavy (non-hydrogen) atoms. The molecule has 7 atom stereocenters. The fourth-order valence-electron chi connectivity index (χ4n) is 4.31. The van der Waals surface area contributed by atoms with Crippen LogP contribution in [0.1, 0.15) is 24.4 Å². The topological polar surface area (TPSA) is 228 Å². The zero-order valence-electron chi connectivity index (χ0n) is 19.4. The molecule has 2 saturated heterocycles. The van der Waals surface area contributed by atoms with Crippen LogP contribution in [0.15, 0.2) is 28.4 Å². The Morgan fingerprint density at radius 1 is 1.22 bits per heavy atom. The number of aliphatic hydroxyl groups is 3. The van der Waals surface area contributed by atoms with Crippen LogP contribution in [0.3, 0.4) is 0 Å². The van der Waals surface area contributed by atoms with Gasteiger partial charge in [0, 0.05) is 24.7 Å². The van der Waals surface area contributed by atoms with E-state index in [2.05, 4.69) is 30.6 Å². The number of aliphatic hydroxyl groups excluding tert-OH is 3. The first-order chi connectivity index (χ1) is 17.6. The number of nitrogens with two attached hydrogens (primary N) is 1. The summed E-state index contributed by atoms with van der Waals surface area (Å²) in [5.74, 6) is 0.163. The van der Waals surface area contributed by atoms with Gasteiger partial charge in [0.2, 0.25) is 0 Å². The number of ether oxygens (including phenoxy) is 2. The summed E-state index contributed by atoms with van der Waals surface area (Å²) in [6.45, 7) is 1.63. The molecule has 0 bridgehead atoms. The van der Waals surface area contributed by atoms with Crippen LogP contribution in [0.5, 0.6) is 0 Å². The minimum Gasteiger partial charge on any atom is -0.390 e. The number of aromatic amines is 1. The van der Waals surface area contributed by atoms with Crippen LogP contribution < -0.4 is 27.6 Å². The molecule has 5 heterocycles. The van der Waals surface area contributed by atoms with Crippen molar-refractivity contribution in [2.24, 2.45) is 0 Å². The smallest absolute Gasteiger partial charge is 0.330 e. The number of hydrogen-bond acceptors (Lipinski definition) is 12. The van der Waals surface area contributed by atoms with E-state index >= 15 is 0 Å².